The maximum atomic E-state index is 12.8. The third-order valence-electron chi connectivity index (χ3n) is 4.32. The first-order chi connectivity index (χ1) is 14.2. The Morgan fingerprint density at radius 2 is 1.33 bits per heavy atom. The minimum atomic E-state index is -0.760. The van der Waals surface area contributed by atoms with Crippen LogP contribution in [0.5, 0.6) is 11.5 Å². The quantitative estimate of drug-likeness (QED) is 0.617. The van der Waals surface area contributed by atoms with Gasteiger partial charge in [-0.3, -0.25) is 14.4 Å². The van der Waals surface area contributed by atoms with Crippen LogP contribution >= 0.6 is 0 Å². The van der Waals surface area contributed by atoms with E-state index in [1.54, 1.807) is 42.5 Å². The Morgan fingerprint density at radius 1 is 0.833 bits per heavy atom. The van der Waals surface area contributed by atoms with E-state index in [4.69, 9.17) is 9.47 Å². The Hall–Kier alpha value is -3.55. The minimum Gasteiger partial charge on any atom is -0.497 e. The molecule has 0 aliphatic carbocycles. The summed E-state index contributed by atoms with van der Waals surface area (Å²) in [7, 11) is 3.00. The molecule has 8 heteroatoms. The number of amides is 3. The van der Waals surface area contributed by atoms with Crippen LogP contribution in [0.15, 0.2) is 42.5 Å². The van der Waals surface area contributed by atoms with E-state index in [0.717, 1.165) is 0 Å². The fourth-order valence-electron chi connectivity index (χ4n) is 2.76. The molecule has 30 heavy (non-hydrogen) atoms. The van der Waals surface area contributed by atoms with E-state index >= 15 is 0 Å². The molecule has 0 unspecified atom stereocenters. The summed E-state index contributed by atoms with van der Waals surface area (Å²) in [5, 5.41) is 8.22. The van der Waals surface area contributed by atoms with Crippen LogP contribution in [0.3, 0.4) is 0 Å². The molecule has 0 bridgehead atoms. The third kappa shape index (κ3) is 6.23. The van der Waals surface area contributed by atoms with E-state index < -0.39 is 11.9 Å². The minimum absolute atomic E-state index is 0.153. The first-order valence-corrected chi connectivity index (χ1v) is 9.46. The maximum Gasteiger partial charge on any atom is 0.252 e. The fourth-order valence-corrected chi connectivity index (χ4v) is 2.76. The van der Waals surface area contributed by atoms with E-state index in [-0.39, 0.29) is 17.7 Å². The van der Waals surface area contributed by atoms with Crippen molar-refractivity contribution in [2.24, 2.45) is 5.92 Å². The highest BCUT2D eigenvalue weighted by molar-refractivity contribution is 6.01. The average molecular weight is 413 g/mol. The van der Waals surface area contributed by atoms with Gasteiger partial charge in [0.05, 0.1) is 14.2 Å². The average Bonchev–Trinajstić information content (AvgIpc) is 2.71. The number of carbonyl (C=O) groups excluding carboxylic acids is 3. The highest BCUT2D eigenvalue weighted by Gasteiger charge is 2.25. The number of anilines is 2. The van der Waals surface area contributed by atoms with Crippen LogP contribution in [0.2, 0.25) is 0 Å². The zero-order valence-corrected chi connectivity index (χ0v) is 17.7. The smallest absolute Gasteiger partial charge is 0.252 e. The van der Waals surface area contributed by atoms with Gasteiger partial charge in [0.25, 0.3) is 5.91 Å². The first-order valence-electron chi connectivity index (χ1n) is 9.46. The summed E-state index contributed by atoms with van der Waals surface area (Å²) >= 11 is 0. The summed E-state index contributed by atoms with van der Waals surface area (Å²) in [6.07, 6.45) is 0. The van der Waals surface area contributed by atoms with Crippen molar-refractivity contribution in [3.05, 3.63) is 48.0 Å². The molecule has 0 saturated heterocycles. The standard InChI is InChI=1S/C22H27N3O5/c1-13(2)20(22(28)24-17-8-6-16(7-9-17)23-14(3)26)25-21(27)15-10-18(29-4)12-19(11-15)30-5/h6-13,20H,1-5H3,(H,23,26)(H,24,28)(H,25,27)/t20-/m1/s1. The van der Waals surface area contributed by atoms with Gasteiger partial charge in [0, 0.05) is 29.9 Å². The molecule has 2 aromatic rings. The van der Waals surface area contributed by atoms with Crippen LogP contribution in [-0.2, 0) is 9.59 Å². The molecule has 0 aliphatic heterocycles. The summed E-state index contributed by atoms with van der Waals surface area (Å²) < 4.78 is 10.4. The molecule has 3 amide bonds. The Bertz CT molecular complexity index is 887. The van der Waals surface area contributed by atoms with Crippen molar-refractivity contribution in [3.8, 4) is 11.5 Å². The summed E-state index contributed by atoms with van der Waals surface area (Å²) in [5.41, 5.74) is 1.50. The molecule has 0 spiro atoms. The highest BCUT2D eigenvalue weighted by Crippen LogP contribution is 2.23. The molecule has 0 aromatic heterocycles. The fraction of sp³-hybridized carbons (Fsp3) is 0.318. The second-order valence-electron chi connectivity index (χ2n) is 7.04. The number of rotatable bonds is 8. The van der Waals surface area contributed by atoms with Gasteiger partial charge in [-0.05, 0) is 42.3 Å². The lowest BCUT2D eigenvalue weighted by atomic mass is 10.0. The molecular formula is C22H27N3O5. The zero-order valence-electron chi connectivity index (χ0n) is 17.7. The van der Waals surface area contributed by atoms with Crippen LogP contribution in [-0.4, -0.2) is 38.0 Å². The van der Waals surface area contributed by atoms with Crippen LogP contribution < -0.4 is 25.4 Å². The van der Waals surface area contributed by atoms with Crippen LogP contribution in [0.1, 0.15) is 31.1 Å². The molecule has 0 radical (unpaired) electrons. The van der Waals surface area contributed by atoms with Gasteiger partial charge in [0.2, 0.25) is 11.8 Å². The Morgan fingerprint density at radius 3 is 1.77 bits per heavy atom. The van der Waals surface area contributed by atoms with Gasteiger partial charge in [-0.2, -0.15) is 0 Å². The van der Waals surface area contributed by atoms with Crippen molar-refractivity contribution >= 4 is 29.1 Å². The van der Waals surface area contributed by atoms with Gasteiger partial charge in [0.1, 0.15) is 17.5 Å². The number of ether oxygens (including phenoxy) is 2. The molecule has 0 saturated carbocycles. The van der Waals surface area contributed by atoms with E-state index in [1.165, 1.54) is 21.1 Å². The van der Waals surface area contributed by atoms with E-state index in [0.29, 0.717) is 28.4 Å². The van der Waals surface area contributed by atoms with Gasteiger partial charge in [0.15, 0.2) is 0 Å². The van der Waals surface area contributed by atoms with Crippen molar-refractivity contribution in [2.75, 3.05) is 24.9 Å². The molecular weight excluding hydrogens is 386 g/mol. The molecule has 160 valence electrons. The number of nitrogens with one attached hydrogen (secondary N) is 3. The molecule has 3 N–H and O–H groups in total. The molecule has 8 nitrogen and oxygen atoms in total. The number of carbonyl (C=O) groups is 3. The lowest BCUT2D eigenvalue weighted by Crippen LogP contribution is -2.47. The Balaban J connectivity index is 2.12. The van der Waals surface area contributed by atoms with Gasteiger partial charge in [-0.1, -0.05) is 13.8 Å². The van der Waals surface area contributed by atoms with Crippen molar-refractivity contribution in [2.45, 2.75) is 26.8 Å². The van der Waals surface area contributed by atoms with Crippen molar-refractivity contribution in [1.82, 2.24) is 5.32 Å². The number of hydrogen-bond donors (Lipinski definition) is 3. The van der Waals surface area contributed by atoms with Crippen LogP contribution in [0.25, 0.3) is 0 Å². The van der Waals surface area contributed by atoms with Crippen LogP contribution in [0.4, 0.5) is 11.4 Å². The van der Waals surface area contributed by atoms with Gasteiger partial charge < -0.3 is 25.4 Å². The Labute approximate surface area is 175 Å². The molecule has 2 aromatic carbocycles. The molecule has 2 rings (SSSR count). The van der Waals surface area contributed by atoms with E-state index in [1.807, 2.05) is 13.8 Å². The lowest BCUT2D eigenvalue weighted by Gasteiger charge is -2.22. The van der Waals surface area contributed by atoms with Gasteiger partial charge in [-0.25, -0.2) is 0 Å². The van der Waals surface area contributed by atoms with Gasteiger partial charge in [-0.15, -0.1) is 0 Å². The topological polar surface area (TPSA) is 106 Å². The molecule has 0 heterocycles. The van der Waals surface area contributed by atoms with Crippen molar-refractivity contribution in [3.63, 3.8) is 0 Å². The summed E-state index contributed by atoms with van der Waals surface area (Å²) in [6.45, 7) is 5.11. The van der Waals surface area contributed by atoms with Gasteiger partial charge >= 0.3 is 0 Å². The second kappa shape index (κ2) is 10.3. The maximum absolute atomic E-state index is 12.8. The summed E-state index contributed by atoms with van der Waals surface area (Å²) in [5.74, 6) is -0.139. The monoisotopic (exact) mass is 413 g/mol. The largest absolute Gasteiger partial charge is 0.497 e. The SMILES string of the molecule is COc1cc(OC)cc(C(=O)N[C@@H](C(=O)Nc2ccc(NC(C)=O)cc2)C(C)C)c1. The van der Waals surface area contributed by atoms with E-state index in [2.05, 4.69) is 16.0 Å². The van der Waals surface area contributed by atoms with Crippen molar-refractivity contribution in [1.29, 1.82) is 0 Å². The number of methoxy groups -OCH3 is 2. The summed E-state index contributed by atoms with van der Waals surface area (Å²) in [6, 6.07) is 10.8. The predicted octanol–water partition coefficient (Wildman–Crippen LogP) is 3.06. The van der Waals surface area contributed by atoms with Crippen LogP contribution in [0, 0.1) is 5.92 Å². The molecule has 1 atom stereocenters. The lowest BCUT2D eigenvalue weighted by molar-refractivity contribution is -0.119. The molecule has 0 aliphatic rings. The normalized spacial score (nSPS) is 11.4. The highest BCUT2D eigenvalue weighted by atomic mass is 16.5. The predicted molar refractivity (Wildman–Crippen MR) is 115 cm³/mol. The first kappa shape index (κ1) is 22.7. The Kier molecular flexibility index (Phi) is 7.80. The summed E-state index contributed by atoms with van der Waals surface area (Å²) in [4.78, 5) is 36.6. The third-order valence-corrected chi connectivity index (χ3v) is 4.32. The van der Waals surface area contributed by atoms with E-state index in [9.17, 15) is 14.4 Å². The number of hydrogen-bond acceptors (Lipinski definition) is 5. The second-order valence-corrected chi connectivity index (χ2v) is 7.04. The van der Waals surface area contributed by atoms with Crippen molar-refractivity contribution < 1.29 is 23.9 Å². The molecule has 0 fully saturated rings. The number of benzene rings is 2. The zero-order chi connectivity index (χ0) is 22.3.